The lowest BCUT2D eigenvalue weighted by atomic mass is 10.0. The molecule has 4 aromatic rings. The van der Waals surface area contributed by atoms with E-state index in [9.17, 15) is 4.79 Å². The van der Waals surface area contributed by atoms with Crippen molar-refractivity contribution in [2.45, 2.75) is 27.2 Å². The van der Waals surface area contributed by atoms with E-state index in [-0.39, 0.29) is 12.4 Å². The Morgan fingerprint density at radius 1 is 1.19 bits per heavy atom. The lowest BCUT2D eigenvalue weighted by Gasteiger charge is -2.08. The minimum absolute atomic E-state index is 0.0927. The number of ether oxygens (including phenoxy) is 1. The molecule has 0 atom stereocenters. The number of fused-ring (bicyclic) bond motifs is 2. The number of pyridine rings is 1. The highest BCUT2D eigenvalue weighted by atomic mass is 35.5. The number of carbonyl (C=O) groups excluding carboxylic acids is 1. The molecule has 0 radical (unpaired) electrons. The fraction of sp³-hybridized carbons (Fsp3) is 0.182. The quantitative estimate of drug-likeness (QED) is 0.338. The van der Waals surface area contributed by atoms with Gasteiger partial charge in [-0.1, -0.05) is 29.8 Å². The normalized spacial score (nSPS) is 11.3. The number of esters is 1. The van der Waals surface area contributed by atoms with Gasteiger partial charge in [0.25, 0.3) is 0 Å². The largest absolute Gasteiger partial charge is 0.464 e. The second-order valence-electron chi connectivity index (χ2n) is 6.70. The lowest BCUT2D eigenvalue weighted by Crippen LogP contribution is -2.11. The molecule has 0 aliphatic carbocycles. The topological polar surface area (TPSA) is 52.3 Å². The number of aryl methyl sites for hydroxylation is 3. The zero-order chi connectivity index (χ0) is 19.1. The van der Waals surface area contributed by atoms with Gasteiger partial charge in [-0.3, -0.25) is 4.79 Å². The Bertz CT molecular complexity index is 1190. The Hall–Kier alpha value is -2.85. The smallest absolute Gasteiger partial charge is 0.315 e. The summed E-state index contributed by atoms with van der Waals surface area (Å²) < 4.78 is 11.2. The summed E-state index contributed by atoms with van der Waals surface area (Å²) in [6.45, 7) is 5.77. The van der Waals surface area contributed by atoms with Crippen LogP contribution in [0.5, 0.6) is 5.75 Å². The maximum absolute atomic E-state index is 12.6. The summed E-state index contributed by atoms with van der Waals surface area (Å²) in [7, 11) is 0. The minimum atomic E-state index is -0.371. The highest BCUT2D eigenvalue weighted by Gasteiger charge is 2.17. The first-order valence-corrected chi connectivity index (χ1v) is 9.04. The predicted molar refractivity (Wildman–Crippen MR) is 107 cm³/mol. The van der Waals surface area contributed by atoms with E-state index < -0.39 is 0 Å². The molecule has 0 amide bonds. The van der Waals surface area contributed by atoms with Crippen molar-refractivity contribution in [3.05, 3.63) is 70.1 Å². The Kier molecular flexibility index (Phi) is 4.36. The van der Waals surface area contributed by atoms with Crippen LogP contribution >= 0.6 is 11.6 Å². The van der Waals surface area contributed by atoms with Crippen LogP contribution in [0.1, 0.15) is 22.4 Å². The molecule has 2 aromatic heterocycles. The van der Waals surface area contributed by atoms with E-state index in [2.05, 4.69) is 4.98 Å². The molecule has 0 fully saturated rings. The lowest BCUT2D eigenvalue weighted by molar-refractivity contribution is -0.133. The van der Waals surface area contributed by atoms with Crippen molar-refractivity contribution < 1.29 is 13.9 Å². The van der Waals surface area contributed by atoms with E-state index >= 15 is 0 Å². The molecule has 136 valence electrons. The molecule has 0 spiro atoms. The number of para-hydroxylation sites is 1. The monoisotopic (exact) mass is 379 g/mol. The zero-order valence-electron chi connectivity index (χ0n) is 15.3. The number of hydrogen-bond donors (Lipinski definition) is 0. The summed E-state index contributed by atoms with van der Waals surface area (Å²) in [5, 5.41) is 2.49. The summed E-state index contributed by atoms with van der Waals surface area (Å²) in [4.78, 5) is 17.1. The highest BCUT2D eigenvalue weighted by Crippen LogP contribution is 2.33. The van der Waals surface area contributed by atoms with Crippen LogP contribution in [0.25, 0.3) is 21.9 Å². The van der Waals surface area contributed by atoms with E-state index in [1.807, 2.05) is 51.1 Å². The molecule has 4 rings (SSSR count). The van der Waals surface area contributed by atoms with Crippen molar-refractivity contribution in [1.29, 1.82) is 0 Å². The number of aromatic nitrogens is 1. The fourth-order valence-corrected chi connectivity index (χ4v) is 3.50. The van der Waals surface area contributed by atoms with E-state index in [1.165, 1.54) is 0 Å². The van der Waals surface area contributed by atoms with Gasteiger partial charge in [0.2, 0.25) is 0 Å². The molecule has 2 heterocycles. The third-order valence-electron chi connectivity index (χ3n) is 4.67. The standard InChI is InChI=1S/C22H18ClNO3/c1-12-9-18-20(14(3)21(12)23)16(11-26-18)10-19(25)27-17-6-4-5-15-8-7-13(2)24-22(15)17/h4-9,11H,10H2,1-3H3. The van der Waals surface area contributed by atoms with Crippen molar-refractivity contribution in [2.24, 2.45) is 0 Å². The first kappa shape index (κ1) is 17.6. The number of furan rings is 1. The predicted octanol–water partition coefficient (Wildman–Crippen LogP) is 5.71. The molecule has 0 unspecified atom stereocenters. The summed E-state index contributed by atoms with van der Waals surface area (Å²) in [5.41, 5.74) is 4.89. The van der Waals surface area contributed by atoms with Crippen LogP contribution in [0.2, 0.25) is 5.02 Å². The summed E-state index contributed by atoms with van der Waals surface area (Å²) in [6, 6.07) is 11.3. The number of benzene rings is 2. The van der Waals surface area contributed by atoms with Crippen LogP contribution in [-0.2, 0) is 11.2 Å². The molecular formula is C22H18ClNO3. The average Bonchev–Trinajstić information content (AvgIpc) is 3.02. The summed E-state index contributed by atoms with van der Waals surface area (Å²) >= 11 is 6.37. The number of hydrogen-bond acceptors (Lipinski definition) is 4. The molecule has 0 bridgehead atoms. The first-order chi connectivity index (χ1) is 12.9. The van der Waals surface area contributed by atoms with Crippen molar-refractivity contribution >= 4 is 39.4 Å². The third kappa shape index (κ3) is 3.17. The first-order valence-electron chi connectivity index (χ1n) is 8.67. The number of halogens is 1. The maximum atomic E-state index is 12.6. The van der Waals surface area contributed by atoms with Crippen molar-refractivity contribution in [3.8, 4) is 5.75 Å². The number of rotatable bonds is 3. The number of carbonyl (C=O) groups is 1. The van der Waals surface area contributed by atoms with Gasteiger partial charge in [-0.05, 0) is 50.1 Å². The van der Waals surface area contributed by atoms with Crippen LogP contribution in [0.4, 0.5) is 0 Å². The van der Waals surface area contributed by atoms with E-state index in [0.717, 1.165) is 38.7 Å². The number of nitrogens with zero attached hydrogens (tertiary/aromatic N) is 1. The Morgan fingerprint density at radius 2 is 2.00 bits per heavy atom. The average molecular weight is 380 g/mol. The van der Waals surface area contributed by atoms with Gasteiger partial charge in [0.15, 0.2) is 5.75 Å². The van der Waals surface area contributed by atoms with Crippen LogP contribution in [-0.4, -0.2) is 11.0 Å². The third-order valence-corrected chi connectivity index (χ3v) is 5.26. The van der Waals surface area contributed by atoms with Gasteiger partial charge in [0.1, 0.15) is 11.1 Å². The van der Waals surface area contributed by atoms with Gasteiger partial charge >= 0.3 is 5.97 Å². The molecule has 4 nitrogen and oxygen atoms in total. The Labute approximate surface area is 161 Å². The van der Waals surface area contributed by atoms with Crippen LogP contribution in [0.15, 0.2) is 47.1 Å². The second-order valence-corrected chi connectivity index (χ2v) is 7.08. The zero-order valence-corrected chi connectivity index (χ0v) is 16.1. The SMILES string of the molecule is Cc1ccc2cccc(OC(=O)Cc3coc4cc(C)c(Cl)c(C)c34)c2n1. The molecular weight excluding hydrogens is 362 g/mol. The van der Waals surface area contributed by atoms with Gasteiger partial charge < -0.3 is 9.15 Å². The van der Waals surface area contributed by atoms with E-state index in [0.29, 0.717) is 16.3 Å². The van der Waals surface area contributed by atoms with Gasteiger partial charge in [-0.15, -0.1) is 0 Å². The van der Waals surface area contributed by atoms with Crippen molar-refractivity contribution in [1.82, 2.24) is 4.98 Å². The van der Waals surface area contributed by atoms with E-state index in [1.54, 1.807) is 12.3 Å². The molecule has 0 aliphatic heterocycles. The molecule has 0 N–H and O–H groups in total. The molecule has 5 heteroatoms. The van der Waals surface area contributed by atoms with Gasteiger partial charge in [0.05, 0.1) is 12.7 Å². The summed E-state index contributed by atoms with van der Waals surface area (Å²) in [5.74, 6) is 0.0872. The fourth-order valence-electron chi connectivity index (χ4n) is 3.35. The molecule has 27 heavy (non-hydrogen) atoms. The summed E-state index contributed by atoms with van der Waals surface area (Å²) in [6.07, 6.45) is 1.69. The molecule has 2 aromatic carbocycles. The minimum Gasteiger partial charge on any atom is -0.464 e. The maximum Gasteiger partial charge on any atom is 0.315 e. The van der Waals surface area contributed by atoms with Gasteiger partial charge in [0, 0.05) is 27.1 Å². The van der Waals surface area contributed by atoms with Crippen LogP contribution < -0.4 is 4.74 Å². The van der Waals surface area contributed by atoms with E-state index in [4.69, 9.17) is 20.8 Å². The Morgan fingerprint density at radius 3 is 2.81 bits per heavy atom. The highest BCUT2D eigenvalue weighted by molar-refractivity contribution is 6.33. The van der Waals surface area contributed by atoms with Crippen molar-refractivity contribution in [2.75, 3.05) is 0 Å². The van der Waals surface area contributed by atoms with Crippen LogP contribution in [0, 0.1) is 20.8 Å². The second kappa shape index (κ2) is 6.71. The van der Waals surface area contributed by atoms with Gasteiger partial charge in [-0.2, -0.15) is 0 Å². The molecule has 0 saturated carbocycles. The van der Waals surface area contributed by atoms with Gasteiger partial charge in [-0.25, -0.2) is 4.98 Å². The molecule has 0 saturated heterocycles. The Balaban J connectivity index is 1.65. The van der Waals surface area contributed by atoms with Crippen LogP contribution in [0.3, 0.4) is 0 Å². The molecule has 0 aliphatic rings. The van der Waals surface area contributed by atoms with Crippen molar-refractivity contribution in [3.63, 3.8) is 0 Å².